The van der Waals surface area contributed by atoms with Crippen molar-refractivity contribution < 1.29 is 0 Å². The van der Waals surface area contributed by atoms with Crippen LogP contribution in [0.25, 0.3) is 0 Å². The van der Waals surface area contributed by atoms with E-state index in [1.807, 2.05) is 13.1 Å². The third-order valence-electron chi connectivity index (χ3n) is 5.97. The van der Waals surface area contributed by atoms with E-state index < -0.39 is 0 Å². The first-order chi connectivity index (χ1) is 9.60. The first-order valence-corrected chi connectivity index (χ1v) is 8.29. The molecule has 3 nitrogen and oxygen atoms in total. The van der Waals surface area contributed by atoms with Gasteiger partial charge in [0.15, 0.2) is 0 Å². The lowest BCUT2D eigenvalue weighted by Crippen LogP contribution is -2.50. The van der Waals surface area contributed by atoms with Crippen LogP contribution in [0.5, 0.6) is 0 Å². The molecule has 0 unspecified atom stereocenters. The van der Waals surface area contributed by atoms with E-state index in [2.05, 4.69) is 21.9 Å². The molecule has 0 atom stereocenters. The summed E-state index contributed by atoms with van der Waals surface area (Å²) in [6.07, 6.45) is 11.1. The number of nitrogens with zero attached hydrogens (tertiary/aromatic N) is 2. The van der Waals surface area contributed by atoms with Gasteiger partial charge in [-0.05, 0) is 75.7 Å². The molecule has 5 rings (SSSR count). The van der Waals surface area contributed by atoms with Gasteiger partial charge >= 0.3 is 0 Å². The van der Waals surface area contributed by atoms with Crippen LogP contribution in [0.4, 0.5) is 0 Å². The lowest BCUT2D eigenvalue weighted by molar-refractivity contribution is -0.0671. The quantitative estimate of drug-likeness (QED) is 0.912. The average Bonchev–Trinajstić information content (AvgIpc) is 2.71. The molecule has 3 heteroatoms. The van der Waals surface area contributed by atoms with Gasteiger partial charge in [-0.25, -0.2) is 4.98 Å². The van der Waals surface area contributed by atoms with Crippen LogP contribution in [0, 0.1) is 30.1 Å². The van der Waals surface area contributed by atoms with Gasteiger partial charge < -0.3 is 9.88 Å². The summed E-state index contributed by atoms with van der Waals surface area (Å²) in [5.74, 6) is 4.21. The van der Waals surface area contributed by atoms with E-state index in [1.165, 1.54) is 31.5 Å². The Kier molecular flexibility index (Phi) is 2.95. The molecule has 110 valence electrons. The van der Waals surface area contributed by atoms with Crippen molar-refractivity contribution in [3.63, 3.8) is 0 Å². The number of rotatable bonds is 4. The largest absolute Gasteiger partial charge is 0.345 e. The minimum absolute atomic E-state index is 0.651. The number of aromatic amines is 1. The maximum Gasteiger partial charge on any atom is 0.103 e. The van der Waals surface area contributed by atoms with Crippen LogP contribution in [-0.2, 0) is 6.54 Å². The van der Waals surface area contributed by atoms with Gasteiger partial charge in [-0.1, -0.05) is 0 Å². The minimum Gasteiger partial charge on any atom is -0.345 e. The molecule has 0 radical (unpaired) electrons. The molecule has 4 bridgehead atoms. The van der Waals surface area contributed by atoms with Crippen LogP contribution >= 0.6 is 0 Å². The number of hydrogen-bond acceptors (Lipinski definition) is 2. The fourth-order valence-electron chi connectivity index (χ4n) is 5.95. The van der Waals surface area contributed by atoms with Crippen LogP contribution in [0.3, 0.4) is 0 Å². The maximum atomic E-state index is 4.31. The fraction of sp³-hybridized carbons (Fsp3) is 0.824. The molecule has 0 saturated heterocycles. The van der Waals surface area contributed by atoms with Gasteiger partial charge in [0.1, 0.15) is 5.82 Å². The van der Waals surface area contributed by atoms with Gasteiger partial charge in [0.05, 0.1) is 0 Å². The molecular formula is C17H27N3. The molecule has 0 spiro atoms. The molecule has 1 aromatic rings. The van der Waals surface area contributed by atoms with Gasteiger partial charge in [0.25, 0.3) is 0 Å². The SMILES string of the molecule is Cc1ncc(CN(C)CC23CC4CC(CC(C4)C2)C3)[nH]1. The van der Waals surface area contributed by atoms with Crippen molar-refractivity contribution in [3.8, 4) is 0 Å². The molecule has 0 aromatic carbocycles. The molecule has 0 aliphatic heterocycles. The number of hydrogen-bond donors (Lipinski definition) is 1. The third kappa shape index (κ3) is 2.30. The Hall–Kier alpha value is -0.830. The summed E-state index contributed by atoms with van der Waals surface area (Å²) in [4.78, 5) is 10.2. The fourth-order valence-corrected chi connectivity index (χ4v) is 5.95. The maximum absolute atomic E-state index is 4.31. The van der Waals surface area contributed by atoms with Crippen LogP contribution in [0.15, 0.2) is 6.20 Å². The van der Waals surface area contributed by atoms with E-state index in [9.17, 15) is 0 Å². The summed E-state index contributed by atoms with van der Waals surface area (Å²) < 4.78 is 0. The topological polar surface area (TPSA) is 31.9 Å². The van der Waals surface area contributed by atoms with Gasteiger partial charge in [0.2, 0.25) is 0 Å². The molecule has 4 aliphatic rings. The average molecular weight is 273 g/mol. The lowest BCUT2D eigenvalue weighted by Gasteiger charge is -2.57. The zero-order chi connectivity index (χ0) is 13.7. The highest BCUT2D eigenvalue weighted by atomic mass is 15.1. The van der Waals surface area contributed by atoms with Crippen molar-refractivity contribution in [2.24, 2.45) is 23.2 Å². The van der Waals surface area contributed by atoms with Gasteiger partial charge in [-0.15, -0.1) is 0 Å². The Bertz CT molecular complexity index is 455. The first-order valence-electron chi connectivity index (χ1n) is 8.29. The van der Waals surface area contributed by atoms with E-state index in [0.29, 0.717) is 5.41 Å². The molecule has 4 saturated carbocycles. The normalized spacial score (nSPS) is 38.9. The summed E-state index contributed by atoms with van der Waals surface area (Å²) in [6.45, 7) is 4.33. The zero-order valence-corrected chi connectivity index (χ0v) is 12.9. The molecule has 20 heavy (non-hydrogen) atoms. The third-order valence-corrected chi connectivity index (χ3v) is 5.97. The lowest BCUT2D eigenvalue weighted by atomic mass is 9.49. The van der Waals surface area contributed by atoms with E-state index in [0.717, 1.165) is 30.1 Å². The summed E-state index contributed by atoms with van der Waals surface area (Å²) in [5.41, 5.74) is 1.91. The Morgan fingerprint density at radius 1 is 1.20 bits per heavy atom. The second-order valence-corrected chi connectivity index (χ2v) is 8.08. The molecule has 1 N–H and O–H groups in total. The van der Waals surface area contributed by atoms with Gasteiger partial charge in [-0.2, -0.15) is 0 Å². The van der Waals surface area contributed by atoms with E-state index in [1.54, 1.807) is 19.3 Å². The number of aryl methyl sites for hydroxylation is 1. The van der Waals surface area contributed by atoms with Crippen molar-refractivity contribution >= 4 is 0 Å². The number of aromatic nitrogens is 2. The summed E-state index contributed by atoms with van der Waals surface area (Å²) in [6, 6.07) is 0. The van der Waals surface area contributed by atoms with E-state index >= 15 is 0 Å². The molecule has 1 heterocycles. The van der Waals surface area contributed by atoms with Crippen molar-refractivity contribution in [1.29, 1.82) is 0 Å². The Labute approximate surface area is 122 Å². The smallest absolute Gasteiger partial charge is 0.103 e. The highest BCUT2D eigenvalue weighted by Gasteiger charge is 2.50. The monoisotopic (exact) mass is 273 g/mol. The van der Waals surface area contributed by atoms with Gasteiger partial charge in [-0.3, -0.25) is 0 Å². The molecular weight excluding hydrogens is 246 g/mol. The zero-order valence-electron chi connectivity index (χ0n) is 12.9. The number of imidazole rings is 1. The predicted molar refractivity (Wildman–Crippen MR) is 80.3 cm³/mol. The molecule has 4 aliphatic carbocycles. The van der Waals surface area contributed by atoms with E-state index in [4.69, 9.17) is 0 Å². The predicted octanol–water partition coefficient (Wildman–Crippen LogP) is 3.37. The summed E-state index contributed by atoms with van der Waals surface area (Å²) in [7, 11) is 2.29. The number of nitrogens with one attached hydrogen (secondary N) is 1. The van der Waals surface area contributed by atoms with Crippen LogP contribution in [0.2, 0.25) is 0 Å². The first kappa shape index (κ1) is 12.9. The minimum atomic E-state index is 0.651. The molecule has 0 amide bonds. The second kappa shape index (κ2) is 4.59. The highest BCUT2D eigenvalue weighted by molar-refractivity contribution is 5.04. The standard InChI is InChI=1S/C17H27N3/c1-12-18-9-16(19-12)10-20(2)11-17-6-13-3-14(7-17)5-15(4-13)8-17/h9,13-15H,3-8,10-11H2,1-2H3,(H,18,19). The Morgan fingerprint density at radius 3 is 2.30 bits per heavy atom. The van der Waals surface area contributed by atoms with Crippen LogP contribution < -0.4 is 0 Å². The molecule has 4 fully saturated rings. The van der Waals surface area contributed by atoms with Crippen molar-refractivity contribution in [2.45, 2.75) is 52.0 Å². The molecule has 1 aromatic heterocycles. The van der Waals surface area contributed by atoms with Crippen molar-refractivity contribution in [1.82, 2.24) is 14.9 Å². The van der Waals surface area contributed by atoms with Crippen LogP contribution in [0.1, 0.15) is 50.0 Å². The van der Waals surface area contributed by atoms with Crippen molar-refractivity contribution in [2.75, 3.05) is 13.6 Å². The van der Waals surface area contributed by atoms with Crippen LogP contribution in [-0.4, -0.2) is 28.5 Å². The summed E-state index contributed by atoms with van der Waals surface area (Å²) >= 11 is 0. The second-order valence-electron chi connectivity index (χ2n) is 8.08. The highest BCUT2D eigenvalue weighted by Crippen LogP contribution is 2.60. The Balaban J connectivity index is 1.43. The van der Waals surface area contributed by atoms with Crippen molar-refractivity contribution in [3.05, 3.63) is 17.7 Å². The summed E-state index contributed by atoms with van der Waals surface area (Å²) in [5, 5.41) is 0. The van der Waals surface area contributed by atoms with Gasteiger partial charge in [0, 0.05) is 25.0 Å². The Morgan fingerprint density at radius 2 is 1.80 bits per heavy atom. The number of H-pyrrole nitrogens is 1. The van der Waals surface area contributed by atoms with E-state index in [-0.39, 0.29) is 0 Å².